The van der Waals surface area contributed by atoms with Crippen LogP contribution < -0.4 is 10.6 Å². The monoisotopic (exact) mass is 264 g/mol. The van der Waals surface area contributed by atoms with Gasteiger partial charge < -0.3 is 20.1 Å². The van der Waals surface area contributed by atoms with Gasteiger partial charge in [0.15, 0.2) is 0 Å². The first-order chi connectivity index (χ1) is 9.13. The Morgan fingerprint density at radius 2 is 2.37 bits per heavy atom. The number of carbonyl (C=O) groups is 1. The van der Waals surface area contributed by atoms with Gasteiger partial charge >= 0.3 is 5.97 Å². The number of likely N-dealkylation sites (N-methyl/N-ethyl adjacent to an activating group) is 1. The molecular weight excluding hydrogens is 244 g/mol. The molecule has 0 radical (unpaired) electrons. The lowest BCUT2D eigenvalue weighted by Crippen LogP contribution is -2.31. The lowest BCUT2D eigenvalue weighted by molar-refractivity contribution is 0.0527. The van der Waals surface area contributed by atoms with Crippen molar-refractivity contribution < 1.29 is 14.3 Å². The second kappa shape index (κ2) is 5.93. The molecule has 5 heteroatoms. The van der Waals surface area contributed by atoms with Crippen molar-refractivity contribution in [2.24, 2.45) is 0 Å². The van der Waals surface area contributed by atoms with E-state index in [0.717, 1.165) is 25.3 Å². The number of hydrogen-bond donors (Lipinski definition) is 1. The van der Waals surface area contributed by atoms with Crippen molar-refractivity contribution in [3.63, 3.8) is 0 Å². The molecule has 0 spiro atoms. The highest BCUT2D eigenvalue weighted by molar-refractivity contribution is 5.96. The molecule has 1 fully saturated rings. The minimum atomic E-state index is -0.377. The molecule has 1 aliphatic rings. The summed E-state index contributed by atoms with van der Waals surface area (Å²) in [6.07, 6.45) is 0.996. The van der Waals surface area contributed by atoms with Crippen molar-refractivity contribution in [3.8, 4) is 0 Å². The van der Waals surface area contributed by atoms with Gasteiger partial charge in [-0.05, 0) is 31.5 Å². The smallest absolute Gasteiger partial charge is 0.340 e. The van der Waals surface area contributed by atoms with Crippen LogP contribution in [0.4, 0.5) is 11.4 Å². The average Bonchev–Trinajstić information content (AvgIpc) is 2.92. The fourth-order valence-corrected chi connectivity index (χ4v) is 2.19. The molecule has 2 rings (SSSR count). The van der Waals surface area contributed by atoms with E-state index in [4.69, 9.17) is 15.2 Å². The summed E-state index contributed by atoms with van der Waals surface area (Å²) < 4.78 is 10.4. The molecule has 0 bridgehead atoms. The number of benzene rings is 1. The molecule has 0 aliphatic carbocycles. The molecule has 1 heterocycles. The first-order valence-corrected chi connectivity index (χ1v) is 6.50. The van der Waals surface area contributed by atoms with Crippen LogP contribution in [-0.4, -0.2) is 38.9 Å². The lowest BCUT2D eigenvalue weighted by atomic mass is 10.1. The summed E-state index contributed by atoms with van der Waals surface area (Å²) in [7, 11) is 2.00. The normalized spacial score (nSPS) is 18.3. The van der Waals surface area contributed by atoms with Crippen LogP contribution in [0.5, 0.6) is 0 Å². The molecule has 0 amide bonds. The molecular formula is C14H20N2O3. The topological polar surface area (TPSA) is 64.8 Å². The van der Waals surface area contributed by atoms with Gasteiger partial charge in [-0.2, -0.15) is 0 Å². The van der Waals surface area contributed by atoms with Crippen molar-refractivity contribution >= 4 is 17.3 Å². The van der Waals surface area contributed by atoms with E-state index >= 15 is 0 Å². The van der Waals surface area contributed by atoms with Crippen LogP contribution in [0.15, 0.2) is 18.2 Å². The number of carbonyl (C=O) groups excluding carboxylic acids is 1. The fraction of sp³-hybridized carbons (Fsp3) is 0.500. The average molecular weight is 264 g/mol. The highest BCUT2D eigenvalue weighted by Gasteiger charge is 2.22. The van der Waals surface area contributed by atoms with Gasteiger partial charge in [-0.3, -0.25) is 0 Å². The van der Waals surface area contributed by atoms with E-state index in [9.17, 15) is 4.79 Å². The Hall–Kier alpha value is -1.75. The Morgan fingerprint density at radius 1 is 1.58 bits per heavy atom. The van der Waals surface area contributed by atoms with Crippen LogP contribution in [0.2, 0.25) is 0 Å². The first kappa shape index (κ1) is 13.7. The fourth-order valence-electron chi connectivity index (χ4n) is 2.19. The van der Waals surface area contributed by atoms with E-state index in [1.807, 2.05) is 13.1 Å². The number of nitrogen functional groups attached to an aromatic ring is 1. The minimum Gasteiger partial charge on any atom is -0.462 e. The quantitative estimate of drug-likeness (QED) is 0.662. The summed E-state index contributed by atoms with van der Waals surface area (Å²) in [6.45, 7) is 3.62. The molecule has 0 saturated carbocycles. The molecule has 104 valence electrons. The number of ether oxygens (including phenoxy) is 2. The Bertz CT molecular complexity index is 456. The van der Waals surface area contributed by atoms with E-state index in [-0.39, 0.29) is 5.97 Å². The number of anilines is 2. The van der Waals surface area contributed by atoms with Gasteiger partial charge in [0.2, 0.25) is 0 Å². The number of nitrogens with two attached hydrogens (primary N) is 1. The van der Waals surface area contributed by atoms with Gasteiger partial charge in [0, 0.05) is 25.0 Å². The summed E-state index contributed by atoms with van der Waals surface area (Å²) in [6, 6.07) is 5.79. The predicted molar refractivity (Wildman–Crippen MR) is 74.4 cm³/mol. The molecule has 1 aliphatic heterocycles. The van der Waals surface area contributed by atoms with Crippen LogP contribution in [0.25, 0.3) is 0 Å². The zero-order valence-corrected chi connectivity index (χ0v) is 11.4. The van der Waals surface area contributed by atoms with Crippen molar-refractivity contribution in [3.05, 3.63) is 23.8 Å². The number of nitrogens with zero attached hydrogens (tertiary/aromatic N) is 1. The molecule has 1 unspecified atom stereocenters. The molecule has 1 aromatic carbocycles. The number of hydrogen-bond acceptors (Lipinski definition) is 5. The largest absolute Gasteiger partial charge is 0.462 e. The summed E-state index contributed by atoms with van der Waals surface area (Å²) >= 11 is 0. The van der Waals surface area contributed by atoms with Crippen LogP contribution >= 0.6 is 0 Å². The highest BCUT2D eigenvalue weighted by Crippen LogP contribution is 2.24. The van der Waals surface area contributed by atoms with E-state index in [2.05, 4.69) is 4.90 Å². The maximum atomic E-state index is 11.8. The van der Waals surface area contributed by atoms with E-state index < -0.39 is 0 Å². The summed E-state index contributed by atoms with van der Waals surface area (Å²) in [5.74, 6) is -0.377. The predicted octanol–water partition coefficient (Wildman–Crippen LogP) is 1.67. The summed E-state index contributed by atoms with van der Waals surface area (Å²) in [4.78, 5) is 13.9. The Morgan fingerprint density at radius 3 is 3.00 bits per heavy atom. The lowest BCUT2D eigenvalue weighted by Gasteiger charge is -2.26. The molecule has 2 N–H and O–H groups in total. The molecule has 1 saturated heterocycles. The van der Waals surface area contributed by atoms with Crippen molar-refractivity contribution in [2.75, 3.05) is 37.5 Å². The molecule has 1 atom stereocenters. The zero-order valence-electron chi connectivity index (χ0n) is 11.4. The minimum absolute atomic E-state index is 0.342. The van der Waals surface area contributed by atoms with Gasteiger partial charge in [-0.25, -0.2) is 4.79 Å². The van der Waals surface area contributed by atoms with E-state index in [0.29, 0.717) is 23.9 Å². The van der Waals surface area contributed by atoms with E-state index in [1.54, 1.807) is 19.1 Å². The maximum absolute atomic E-state index is 11.8. The van der Waals surface area contributed by atoms with Crippen LogP contribution in [-0.2, 0) is 9.47 Å². The first-order valence-electron chi connectivity index (χ1n) is 6.50. The van der Waals surface area contributed by atoms with Crippen molar-refractivity contribution in [2.45, 2.75) is 19.4 Å². The van der Waals surface area contributed by atoms with E-state index in [1.165, 1.54) is 0 Å². The zero-order chi connectivity index (χ0) is 13.8. The van der Waals surface area contributed by atoms with Gasteiger partial charge in [0.05, 0.1) is 24.8 Å². The Kier molecular flexibility index (Phi) is 4.27. The van der Waals surface area contributed by atoms with Gasteiger partial charge in [-0.1, -0.05) is 0 Å². The second-order valence-electron chi connectivity index (χ2n) is 4.62. The summed E-state index contributed by atoms with van der Waals surface area (Å²) in [5.41, 5.74) is 7.65. The van der Waals surface area contributed by atoms with Crippen molar-refractivity contribution in [1.82, 2.24) is 0 Å². The van der Waals surface area contributed by atoms with Crippen LogP contribution in [0, 0.1) is 0 Å². The summed E-state index contributed by atoms with van der Waals surface area (Å²) in [5, 5.41) is 0. The molecule has 5 nitrogen and oxygen atoms in total. The second-order valence-corrected chi connectivity index (χ2v) is 4.62. The highest BCUT2D eigenvalue weighted by atomic mass is 16.5. The molecule has 19 heavy (non-hydrogen) atoms. The van der Waals surface area contributed by atoms with Gasteiger partial charge in [0.1, 0.15) is 0 Å². The third kappa shape index (κ3) is 2.98. The SMILES string of the molecule is CCOC(=O)c1cc(N(C)C2CCOC2)ccc1N. The molecule has 1 aromatic rings. The van der Waals surface area contributed by atoms with Gasteiger partial charge in [0.25, 0.3) is 0 Å². The standard InChI is InChI=1S/C14H20N2O3/c1-3-19-14(17)12-8-10(4-5-13(12)15)16(2)11-6-7-18-9-11/h4-5,8,11H,3,6-7,9,15H2,1-2H3. The molecule has 0 aromatic heterocycles. The van der Waals surface area contributed by atoms with Gasteiger partial charge in [-0.15, -0.1) is 0 Å². The van der Waals surface area contributed by atoms with Crippen molar-refractivity contribution in [1.29, 1.82) is 0 Å². The maximum Gasteiger partial charge on any atom is 0.340 e. The number of esters is 1. The Labute approximate surface area is 113 Å². The Balaban J connectivity index is 2.22. The third-order valence-corrected chi connectivity index (χ3v) is 3.39. The third-order valence-electron chi connectivity index (χ3n) is 3.39. The van der Waals surface area contributed by atoms with Crippen LogP contribution in [0.3, 0.4) is 0 Å². The van der Waals surface area contributed by atoms with Crippen LogP contribution in [0.1, 0.15) is 23.7 Å². The number of rotatable bonds is 4.